The molecular formula is C19H30ClN3O3. The van der Waals surface area contributed by atoms with Crippen molar-refractivity contribution in [1.82, 2.24) is 10.6 Å². The topological polar surface area (TPSA) is 93.5 Å². The normalized spacial score (nSPS) is 18.5. The van der Waals surface area contributed by atoms with Gasteiger partial charge in [-0.2, -0.15) is 0 Å². The van der Waals surface area contributed by atoms with Crippen molar-refractivity contribution < 1.29 is 14.3 Å². The lowest BCUT2D eigenvalue weighted by atomic mass is 9.99. The van der Waals surface area contributed by atoms with Gasteiger partial charge in [0.15, 0.2) is 0 Å². The third-order valence-corrected chi connectivity index (χ3v) is 4.73. The van der Waals surface area contributed by atoms with Gasteiger partial charge in [0.25, 0.3) is 5.91 Å². The molecule has 0 radical (unpaired) electrons. The van der Waals surface area contributed by atoms with Gasteiger partial charge in [-0.1, -0.05) is 32.4 Å². The second-order valence-electron chi connectivity index (χ2n) is 6.67. The molecule has 1 fully saturated rings. The lowest BCUT2D eigenvalue weighted by molar-refractivity contribution is -0.123. The molecule has 1 aromatic rings. The zero-order valence-electron chi connectivity index (χ0n) is 15.5. The molecular weight excluding hydrogens is 354 g/mol. The van der Waals surface area contributed by atoms with Crippen LogP contribution in [0.4, 0.5) is 0 Å². The van der Waals surface area contributed by atoms with E-state index in [1.54, 1.807) is 12.1 Å². The quantitative estimate of drug-likeness (QED) is 0.640. The molecule has 4 N–H and O–H groups in total. The molecule has 0 saturated carbocycles. The smallest absolute Gasteiger partial charge is 0.251 e. The highest BCUT2D eigenvalue weighted by molar-refractivity contribution is 5.94. The van der Waals surface area contributed by atoms with Gasteiger partial charge in [-0.3, -0.25) is 9.59 Å². The standard InChI is InChI=1S/C19H29N3O3.ClH/c1-3-13(2)17(20)19(24)21-11-14-6-4-7-15(10-14)18(23)22-12-16-8-5-9-25-16;/h4,6-7,10,13,16-17H,3,5,8-9,11-12,20H2,1-2H3,(H,21,24)(H,22,23);1H. The molecule has 26 heavy (non-hydrogen) atoms. The van der Waals surface area contributed by atoms with E-state index in [1.165, 1.54) is 0 Å². The van der Waals surface area contributed by atoms with E-state index in [2.05, 4.69) is 10.6 Å². The van der Waals surface area contributed by atoms with Crippen LogP contribution in [0.25, 0.3) is 0 Å². The average molecular weight is 384 g/mol. The van der Waals surface area contributed by atoms with E-state index >= 15 is 0 Å². The number of carbonyl (C=O) groups is 2. The van der Waals surface area contributed by atoms with Gasteiger partial charge >= 0.3 is 0 Å². The molecule has 3 atom stereocenters. The molecule has 2 amide bonds. The van der Waals surface area contributed by atoms with E-state index in [4.69, 9.17) is 10.5 Å². The van der Waals surface area contributed by atoms with Crippen LogP contribution in [-0.2, 0) is 16.1 Å². The van der Waals surface area contributed by atoms with Crippen molar-refractivity contribution in [2.45, 2.75) is 51.8 Å². The number of rotatable bonds is 8. The summed E-state index contributed by atoms with van der Waals surface area (Å²) in [5.74, 6) is -0.155. The molecule has 1 heterocycles. The molecule has 0 bridgehead atoms. The summed E-state index contributed by atoms with van der Waals surface area (Å²) >= 11 is 0. The highest BCUT2D eigenvalue weighted by Gasteiger charge is 2.19. The van der Waals surface area contributed by atoms with Crippen LogP contribution in [0, 0.1) is 5.92 Å². The molecule has 0 spiro atoms. The number of halogens is 1. The van der Waals surface area contributed by atoms with Crippen molar-refractivity contribution in [2.24, 2.45) is 11.7 Å². The number of carbonyl (C=O) groups excluding carboxylic acids is 2. The molecule has 6 nitrogen and oxygen atoms in total. The first-order chi connectivity index (χ1) is 12.0. The summed E-state index contributed by atoms with van der Waals surface area (Å²) in [6.07, 6.45) is 3.01. The second-order valence-corrected chi connectivity index (χ2v) is 6.67. The number of benzene rings is 1. The van der Waals surface area contributed by atoms with Gasteiger partial charge in [-0.05, 0) is 36.5 Å². The SMILES string of the molecule is CCC(C)C(N)C(=O)NCc1cccc(C(=O)NCC2CCCO2)c1.Cl. The summed E-state index contributed by atoms with van der Waals surface area (Å²) < 4.78 is 5.50. The van der Waals surface area contributed by atoms with Gasteiger partial charge < -0.3 is 21.1 Å². The largest absolute Gasteiger partial charge is 0.376 e. The highest BCUT2D eigenvalue weighted by atomic mass is 35.5. The Hall–Kier alpha value is -1.63. The van der Waals surface area contributed by atoms with Crippen molar-refractivity contribution in [3.05, 3.63) is 35.4 Å². The van der Waals surface area contributed by atoms with Crippen molar-refractivity contribution in [3.8, 4) is 0 Å². The molecule has 1 aliphatic rings. The molecule has 1 aliphatic heterocycles. The summed E-state index contributed by atoms with van der Waals surface area (Å²) in [5.41, 5.74) is 7.37. The third-order valence-electron chi connectivity index (χ3n) is 4.73. The van der Waals surface area contributed by atoms with Crippen molar-refractivity contribution in [1.29, 1.82) is 0 Å². The van der Waals surface area contributed by atoms with Crippen LogP contribution < -0.4 is 16.4 Å². The number of nitrogens with one attached hydrogen (secondary N) is 2. The van der Waals surface area contributed by atoms with Crippen molar-refractivity contribution >= 4 is 24.2 Å². The summed E-state index contributed by atoms with van der Waals surface area (Å²) in [6, 6.07) is 6.74. The number of nitrogens with two attached hydrogens (primary N) is 1. The fourth-order valence-corrected chi connectivity index (χ4v) is 2.76. The van der Waals surface area contributed by atoms with Crippen LogP contribution in [-0.4, -0.2) is 37.1 Å². The van der Waals surface area contributed by atoms with Crippen LogP contribution in [0.5, 0.6) is 0 Å². The second kappa shape index (κ2) is 11.2. The lowest BCUT2D eigenvalue weighted by Crippen LogP contribution is -2.44. The molecule has 7 heteroatoms. The van der Waals surface area contributed by atoms with Crippen LogP contribution >= 0.6 is 12.4 Å². The zero-order valence-corrected chi connectivity index (χ0v) is 16.3. The number of ether oxygens (including phenoxy) is 1. The molecule has 1 saturated heterocycles. The van der Waals surface area contributed by atoms with Gasteiger partial charge in [-0.15, -0.1) is 12.4 Å². The van der Waals surface area contributed by atoms with E-state index in [1.807, 2.05) is 26.0 Å². The summed E-state index contributed by atoms with van der Waals surface area (Å²) in [5, 5.41) is 5.74. The predicted molar refractivity (Wildman–Crippen MR) is 104 cm³/mol. The molecule has 2 rings (SSSR count). The van der Waals surface area contributed by atoms with E-state index in [9.17, 15) is 9.59 Å². The summed E-state index contributed by atoms with van der Waals surface area (Å²) in [7, 11) is 0. The minimum atomic E-state index is -0.511. The van der Waals surface area contributed by atoms with Gasteiger partial charge in [-0.25, -0.2) is 0 Å². The minimum absolute atomic E-state index is 0. The molecule has 1 aromatic carbocycles. The van der Waals surface area contributed by atoms with E-state index in [0.29, 0.717) is 18.7 Å². The summed E-state index contributed by atoms with van der Waals surface area (Å²) in [4.78, 5) is 24.3. The maximum absolute atomic E-state index is 12.3. The van der Waals surface area contributed by atoms with Gasteiger partial charge in [0.05, 0.1) is 12.1 Å². The Bertz CT molecular complexity index is 591. The Morgan fingerprint density at radius 1 is 1.35 bits per heavy atom. The molecule has 0 aromatic heterocycles. The van der Waals surface area contributed by atoms with Crippen LogP contribution in [0.1, 0.15) is 49.0 Å². The van der Waals surface area contributed by atoms with E-state index in [-0.39, 0.29) is 36.2 Å². The van der Waals surface area contributed by atoms with Gasteiger partial charge in [0, 0.05) is 25.3 Å². The first kappa shape index (κ1) is 22.4. The molecule has 146 valence electrons. The van der Waals surface area contributed by atoms with Crippen LogP contribution in [0.15, 0.2) is 24.3 Å². The zero-order chi connectivity index (χ0) is 18.2. The van der Waals surface area contributed by atoms with Crippen LogP contribution in [0.2, 0.25) is 0 Å². The predicted octanol–water partition coefficient (Wildman–Crippen LogP) is 2.01. The molecule has 3 unspecified atom stereocenters. The van der Waals surface area contributed by atoms with E-state index in [0.717, 1.165) is 31.4 Å². The Labute approximate surface area is 161 Å². The van der Waals surface area contributed by atoms with E-state index < -0.39 is 6.04 Å². The number of amides is 2. The first-order valence-electron chi connectivity index (χ1n) is 9.03. The van der Waals surface area contributed by atoms with Crippen molar-refractivity contribution in [3.63, 3.8) is 0 Å². The number of hydrogen-bond acceptors (Lipinski definition) is 4. The summed E-state index contributed by atoms with van der Waals surface area (Å²) in [6.45, 7) is 5.63. The minimum Gasteiger partial charge on any atom is -0.376 e. The van der Waals surface area contributed by atoms with Crippen molar-refractivity contribution in [2.75, 3.05) is 13.2 Å². The molecule has 0 aliphatic carbocycles. The fraction of sp³-hybridized carbons (Fsp3) is 0.579. The Balaban J connectivity index is 0.00000338. The van der Waals surface area contributed by atoms with Gasteiger partial charge in [0.1, 0.15) is 0 Å². The monoisotopic (exact) mass is 383 g/mol. The lowest BCUT2D eigenvalue weighted by Gasteiger charge is -2.17. The Morgan fingerprint density at radius 3 is 2.77 bits per heavy atom. The van der Waals surface area contributed by atoms with Gasteiger partial charge in [0.2, 0.25) is 5.91 Å². The number of hydrogen-bond donors (Lipinski definition) is 3. The fourth-order valence-electron chi connectivity index (χ4n) is 2.76. The van der Waals surface area contributed by atoms with Crippen LogP contribution in [0.3, 0.4) is 0 Å². The maximum atomic E-state index is 12.3. The Kier molecular flexibility index (Phi) is 9.62. The maximum Gasteiger partial charge on any atom is 0.251 e. The Morgan fingerprint density at radius 2 is 2.12 bits per heavy atom. The third kappa shape index (κ3) is 6.59. The highest BCUT2D eigenvalue weighted by Crippen LogP contribution is 2.11. The average Bonchev–Trinajstić information content (AvgIpc) is 3.16. The first-order valence-corrected chi connectivity index (χ1v) is 9.03.